The van der Waals surface area contributed by atoms with Gasteiger partial charge in [-0.3, -0.25) is 4.79 Å². The summed E-state index contributed by atoms with van der Waals surface area (Å²) in [6, 6.07) is 16.2. The van der Waals surface area contributed by atoms with Crippen LogP contribution in [0.1, 0.15) is 29.6 Å². The van der Waals surface area contributed by atoms with Crippen LogP contribution in [0.25, 0.3) is 0 Å². The van der Waals surface area contributed by atoms with Crippen LogP contribution >= 0.6 is 0 Å². The van der Waals surface area contributed by atoms with Crippen LogP contribution < -0.4 is 15.4 Å². The summed E-state index contributed by atoms with van der Waals surface area (Å²) in [7, 11) is 1.65. The quantitative estimate of drug-likeness (QED) is 0.886. The normalized spacial score (nSPS) is 22.0. The van der Waals surface area contributed by atoms with Crippen molar-refractivity contribution in [3.63, 3.8) is 0 Å². The van der Waals surface area contributed by atoms with Gasteiger partial charge in [0.15, 0.2) is 0 Å². The molecule has 0 aromatic heterocycles. The zero-order valence-electron chi connectivity index (χ0n) is 15.1. The highest BCUT2D eigenvalue weighted by Crippen LogP contribution is 2.32. The largest absolute Gasteiger partial charge is 0.497 e. The number of anilines is 2. The Morgan fingerprint density at radius 3 is 2.65 bits per heavy atom. The van der Waals surface area contributed by atoms with E-state index in [1.165, 1.54) is 0 Å². The molecule has 136 valence electrons. The minimum Gasteiger partial charge on any atom is -0.497 e. The molecule has 2 bridgehead atoms. The van der Waals surface area contributed by atoms with Gasteiger partial charge in [-0.2, -0.15) is 0 Å². The van der Waals surface area contributed by atoms with E-state index in [4.69, 9.17) is 4.74 Å². The van der Waals surface area contributed by atoms with Crippen LogP contribution in [0.5, 0.6) is 5.75 Å². The van der Waals surface area contributed by atoms with Crippen LogP contribution in [0.3, 0.4) is 0 Å². The molecule has 2 heterocycles. The summed E-state index contributed by atoms with van der Waals surface area (Å²) in [5, 5.41) is 6.85. The van der Waals surface area contributed by atoms with Crippen LogP contribution in [0, 0.1) is 0 Å². The molecular formula is C21H25N3O2. The molecule has 26 heavy (non-hydrogen) atoms. The number of fused-ring (bicyclic) bond motifs is 2. The molecule has 2 aromatic carbocycles. The monoisotopic (exact) mass is 351 g/mol. The van der Waals surface area contributed by atoms with Gasteiger partial charge in [0.25, 0.3) is 5.91 Å². The van der Waals surface area contributed by atoms with Gasteiger partial charge in [-0.15, -0.1) is 0 Å². The van der Waals surface area contributed by atoms with E-state index < -0.39 is 0 Å². The SMILES string of the molecule is COc1ccc(Nc2ccccc2C(=O)N2C3CCNCC2CC3)cc1. The van der Waals surface area contributed by atoms with Gasteiger partial charge in [0.05, 0.1) is 18.4 Å². The lowest BCUT2D eigenvalue weighted by atomic mass is 10.1. The van der Waals surface area contributed by atoms with Gasteiger partial charge in [-0.25, -0.2) is 0 Å². The maximum Gasteiger partial charge on any atom is 0.256 e. The van der Waals surface area contributed by atoms with Crippen molar-refractivity contribution in [1.82, 2.24) is 10.2 Å². The lowest BCUT2D eigenvalue weighted by Gasteiger charge is -2.29. The number of carbonyl (C=O) groups excluding carboxylic acids is 1. The van der Waals surface area contributed by atoms with Crippen LogP contribution in [0.15, 0.2) is 48.5 Å². The summed E-state index contributed by atoms with van der Waals surface area (Å²) in [5.74, 6) is 0.950. The minimum atomic E-state index is 0.137. The molecule has 0 aliphatic carbocycles. The predicted molar refractivity (Wildman–Crippen MR) is 103 cm³/mol. The van der Waals surface area contributed by atoms with Crippen molar-refractivity contribution in [1.29, 1.82) is 0 Å². The van der Waals surface area contributed by atoms with Crippen LogP contribution in [0.2, 0.25) is 0 Å². The van der Waals surface area contributed by atoms with E-state index in [1.807, 2.05) is 48.5 Å². The highest BCUT2D eigenvalue weighted by molar-refractivity contribution is 6.00. The van der Waals surface area contributed by atoms with Crippen molar-refractivity contribution >= 4 is 17.3 Å². The third-order valence-corrected chi connectivity index (χ3v) is 5.42. The van der Waals surface area contributed by atoms with E-state index in [1.54, 1.807) is 7.11 Å². The molecule has 5 nitrogen and oxygen atoms in total. The molecule has 4 rings (SSSR count). The summed E-state index contributed by atoms with van der Waals surface area (Å²) < 4.78 is 5.21. The number of para-hydroxylation sites is 1. The summed E-state index contributed by atoms with van der Waals surface area (Å²) >= 11 is 0. The van der Waals surface area contributed by atoms with Gasteiger partial charge < -0.3 is 20.3 Å². The summed E-state index contributed by atoms with van der Waals surface area (Å²) in [5.41, 5.74) is 2.52. The molecule has 2 atom stereocenters. The van der Waals surface area contributed by atoms with Crippen molar-refractivity contribution < 1.29 is 9.53 Å². The minimum absolute atomic E-state index is 0.137. The average Bonchev–Trinajstić information content (AvgIpc) is 2.95. The Balaban J connectivity index is 1.59. The second kappa shape index (κ2) is 7.38. The Morgan fingerprint density at radius 1 is 1.08 bits per heavy atom. The maximum absolute atomic E-state index is 13.4. The molecule has 1 amide bonds. The van der Waals surface area contributed by atoms with Gasteiger partial charge in [0.1, 0.15) is 5.75 Å². The highest BCUT2D eigenvalue weighted by atomic mass is 16.5. The molecule has 2 aliphatic rings. The molecule has 2 aromatic rings. The Bertz CT molecular complexity index is 761. The van der Waals surface area contributed by atoms with Gasteiger partial charge in [-0.1, -0.05) is 12.1 Å². The first kappa shape index (κ1) is 16.9. The molecule has 0 radical (unpaired) electrons. The number of hydrogen-bond acceptors (Lipinski definition) is 4. The summed E-state index contributed by atoms with van der Waals surface area (Å²) in [6.07, 6.45) is 3.25. The summed E-state index contributed by atoms with van der Waals surface area (Å²) in [6.45, 7) is 1.90. The Kier molecular flexibility index (Phi) is 4.80. The third kappa shape index (κ3) is 3.27. The van der Waals surface area contributed by atoms with E-state index in [9.17, 15) is 4.79 Å². The lowest BCUT2D eigenvalue weighted by Crippen LogP contribution is -2.42. The van der Waals surface area contributed by atoms with Gasteiger partial charge in [-0.05, 0) is 62.2 Å². The van der Waals surface area contributed by atoms with Crippen LogP contribution in [-0.2, 0) is 0 Å². The number of benzene rings is 2. The van der Waals surface area contributed by atoms with Crippen molar-refractivity contribution in [3.8, 4) is 5.75 Å². The molecule has 5 heteroatoms. The topological polar surface area (TPSA) is 53.6 Å². The van der Waals surface area contributed by atoms with E-state index in [0.717, 1.165) is 55.0 Å². The highest BCUT2D eigenvalue weighted by Gasteiger charge is 2.38. The fourth-order valence-electron chi connectivity index (χ4n) is 4.06. The van der Waals surface area contributed by atoms with Gasteiger partial charge >= 0.3 is 0 Å². The van der Waals surface area contributed by atoms with Crippen molar-refractivity contribution in [2.24, 2.45) is 0 Å². The number of carbonyl (C=O) groups is 1. The molecule has 2 fully saturated rings. The fourth-order valence-corrected chi connectivity index (χ4v) is 4.06. The molecule has 0 saturated carbocycles. The number of nitrogens with one attached hydrogen (secondary N) is 2. The molecule has 2 N–H and O–H groups in total. The smallest absolute Gasteiger partial charge is 0.256 e. The molecule has 2 aliphatic heterocycles. The van der Waals surface area contributed by atoms with E-state index >= 15 is 0 Å². The second-order valence-corrected chi connectivity index (χ2v) is 6.99. The number of rotatable bonds is 4. The number of hydrogen-bond donors (Lipinski definition) is 2. The maximum atomic E-state index is 13.4. The van der Waals surface area contributed by atoms with Crippen molar-refractivity contribution in [2.45, 2.75) is 31.3 Å². The van der Waals surface area contributed by atoms with Crippen LogP contribution in [0.4, 0.5) is 11.4 Å². The molecule has 2 unspecified atom stereocenters. The number of ether oxygens (including phenoxy) is 1. The fraction of sp³-hybridized carbons (Fsp3) is 0.381. The lowest BCUT2D eigenvalue weighted by molar-refractivity contribution is 0.0681. The molecular weight excluding hydrogens is 326 g/mol. The average molecular weight is 351 g/mol. The number of methoxy groups -OCH3 is 1. The van der Waals surface area contributed by atoms with Gasteiger partial charge in [0, 0.05) is 24.3 Å². The molecule has 0 spiro atoms. The number of amides is 1. The first-order valence-corrected chi connectivity index (χ1v) is 9.30. The standard InChI is InChI=1S/C21H25N3O2/c1-26-18-10-6-15(7-11-18)23-20-5-3-2-4-19(20)21(25)24-16-8-9-17(24)14-22-13-12-16/h2-7,10-11,16-17,22-23H,8-9,12-14H2,1H3. The van der Waals surface area contributed by atoms with E-state index in [2.05, 4.69) is 15.5 Å². The third-order valence-electron chi connectivity index (χ3n) is 5.42. The summed E-state index contributed by atoms with van der Waals surface area (Å²) in [4.78, 5) is 15.5. The Hall–Kier alpha value is -2.53. The first-order chi connectivity index (χ1) is 12.8. The van der Waals surface area contributed by atoms with E-state index in [-0.39, 0.29) is 5.91 Å². The zero-order chi connectivity index (χ0) is 17.9. The van der Waals surface area contributed by atoms with Crippen molar-refractivity contribution in [3.05, 3.63) is 54.1 Å². The first-order valence-electron chi connectivity index (χ1n) is 9.30. The Labute approximate surface area is 154 Å². The second-order valence-electron chi connectivity index (χ2n) is 6.99. The van der Waals surface area contributed by atoms with Crippen molar-refractivity contribution in [2.75, 3.05) is 25.5 Å². The zero-order valence-corrected chi connectivity index (χ0v) is 15.1. The Morgan fingerprint density at radius 2 is 1.85 bits per heavy atom. The van der Waals surface area contributed by atoms with Gasteiger partial charge in [0.2, 0.25) is 0 Å². The van der Waals surface area contributed by atoms with E-state index in [0.29, 0.717) is 12.1 Å². The predicted octanol–water partition coefficient (Wildman–Crippen LogP) is 3.41. The van der Waals surface area contributed by atoms with Crippen LogP contribution in [-0.4, -0.2) is 43.1 Å². The molecule has 2 saturated heterocycles. The number of nitrogens with zero attached hydrogens (tertiary/aromatic N) is 1.